The number of aromatic nitrogens is 3. The van der Waals surface area contributed by atoms with Gasteiger partial charge in [-0.1, -0.05) is 47.3 Å². The number of nitrogens with one attached hydrogen (secondary N) is 1. The van der Waals surface area contributed by atoms with Crippen LogP contribution in [0.15, 0.2) is 45.4 Å². The fraction of sp³-hybridized carbons (Fsp3) is 0.143. The summed E-state index contributed by atoms with van der Waals surface area (Å²) in [6.07, 6.45) is 1.38. The van der Waals surface area contributed by atoms with Crippen molar-refractivity contribution in [2.24, 2.45) is 0 Å². The van der Waals surface area contributed by atoms with Gasteiger partial charge in [-0.3, -0.25) is 10.1 Å². The highest BCUT2D eigenvalue weighted by atomic mass is 32.2. The second kappa shape index (κ2) is 6.71. The van der Waals surface area contributed by atoms with Crippen LogP contribution in [0.4, 0.5) is 5.95 Å². The Morgan fingerprint density at radius 2 is 2.18 bits per heavy atom. The Morgan fingerprint density at radius 3 is 2.91 bits per heavy atom. The lowest BCUT2D eigenvalue weighted by molar-refractivity contribution is 0.102. The van der Waals surface area contributed by atoms with Gasteiger partial charge in [0.1, 0.15) is 11.3 Å². The maximum atomic E-state index is 12.0. The van der Waals surface area contributed by atoms with E-state index < -0.39 is 0 Å². The Hall–Kier alpha value is -2.19. The lowest BCUT2D eigenvalue weighted by atomic mass is 10.2. The first-order valence-electron chi connectivity index (χ1n) is 6.45. The van der Waals surface area contributed by atoms with E-state index in [2.05, 4.69) is 32.0 Å². The number of benzene rings is 1. The average molecular weight is 332 g/mol. The second-order valence-electron chi connectivity index (χ2n) is 4.41. The van der Waals surface area contributed by atoms with Crippen LogP contribution >= 0.6 is 23.3 Å². The molecule has 0 spiro atoms. The summed E-state index contributed by atoms with van der Waals surface area (Å²) in [6, 6.07) is 10.1. The van der Waals surface area contributed by atoms with Crippen LogP contribution in [0.25, 0.3) is 0 Å². The molecule has 0 bridgehead atoms. The van der Waals surface area contributed by atoms with Crippen molar-refractivity contribution < 1.29 is 9.32 Å². The first-order valence-corrected chi connectivity index (χ1v) is 8.21. The first kappa shape index (κ1) is 14.7. The molecule has 0 radical (unpaired) electrons. The predicted octanol–water partition coefficient (Wildman–Crippen LogP) is 3.38. The van der Waals surface area contributed by atoms with Crippen molar-refractivity contribution >= 4 is 35.1 Å². The highest BCUT2D eigenvalue weighted by Crippen LogP contribution is 2.25. The normalized spacial score (nSPS) is 10.6. The molecule has 0 aliphatic rings. The molecule has 3 rings (SSSR count). The van der Waals surface area contributed by atoms with Gasteiger partial charge in [0.2, 0.25) is 5.95 Å². The number of carbonyl (C=O) groups is 1. The van der Waals surface area contributed by atoms with E-state index in [0.717, 1.165) is 10.1 Å². The molecule has 0 saturated carbocycles. The second-order valence-corrected chi connectivity index (χ2v) is 6.38. The number of amides is 1. The van der Waals surface area contributed by atoms with E-state index in [1.807, 2.05) is 18.2 Å². The SMILES string of the molecule is Cc1oncc1C(=O)Nc1nsc(SCc2ccccc2)n1. The fourth-order valence-corrected chi connectivity index (χ4v) is 3.24. The third-order valence-electron chi connectivity index (χ3n) is 2.83. The summed E-state index contributed by atoms with van der Waals surface area (Å²) >= 11 is 2.85. The van der Waals surface area contributed by atoms with Gasteiger partial charge >= 0.3 is 0 Å². The van der Waals surface area contributed by atoms with Crippen LogP contribution in [0.3, 0.4) is 0 Å². The number of anilines is 1. The molecule has 0 unspecified atom stereocenters. The zero-order valence-corrected chi connectivity index (χ0v) is 13.3. The summed E-state index contributed by atoms with van der Waals surface area (Å²) in [4.78, 5) is 16.3. The average Bonchev–Trinajstić information content (AvgIpc) is 3.15. The van der Waals surface area contributed by atoms with Crippen molar-refractivity contribution in [3.63, 3.8) is 0 Å². The molecular formula is C14H12N4O2S2. The maximum Gasteiger partial charge on any atom is 0.263 e. The van der Waals surface area contributed by atoms with Gasteiger partial charge in [0.25, 0.3) is 5.91 Å². The zero-order valence-electron chi connectivity index (χ0n) is 11.6. The number of hydrogen-bond acceptors (Lipinski definition) is 7. The maximum absolute atomic E-state index is 12.0. The molecule has 0 fully saturated rings. The molecule has 0 saturated heterocycles. The van der Waals surface area contributed by atoms with Gasteiger partial charge in [-0.25, -0.2) is 0 Å². The Bertz CT molecular complexity index is 770. The van der Waals surface area contributed by atoms with Crippen molar-refractivity contribution in [3.05, 3.63) is 53.4 Å². The van der Waals surface area contributed by atoms with E-state index in [1.54, 1.807) is 18.7 Å². The molecule has 1 N–H and O–H groups in total. The highest BCUT2D eigenvalue weighted by molar-refractivity contribution is 8.00. The topological polar surface area (TPSA) is 80.9 Å². The van der Waals surface area contributed by atoms with Crippen LogP contribution in [-0.4, -0.2) is 20.4 Å². The fourth-order valence-electron chi connectivity index (χ4n) is 1.72. The smallest absolute Gasteiger partial charge is 0.263 e. The lowest BCUT2D eigenvalue weighted by Gasteiger charge is -1.98. The van der Waals surface area contributed by atoms with E-state index in [-0.39, 0.29) is 5.91 Å². The third-order valence-corrected chi connectivity index (χ3v) is 4.74. The molecule has 0 aliphatic heterocycles. The molecule has 1 aromatic carbocycles. The van der Waals surface area contributed by atoms with Crippen LogP contribution in [0, 0.1) is 6.92 Å². The predicted molar refractivity (Wildman–Crippen MR) is 85.1 cm³/mol. The van der Waals surface area contributed by atoms with Crippen LogP contribution < -0.4 is 5.32 Å². The number of aryl methyl sites for hydroxylation is 1. The van der Waals surface area contributed by atoms with Crippen LogP contribution in [0.2, 0.25) is 0 Å². The quantitative estimate of drug-likeness (QED) is 0.721. The van der Waals surface area contributed by atoms with Gasteiger partial charge in [-0.2, -0.15) is 9.36 Å². The summed E-state index contributed by atoms with van der Waals surface area (Å²) < 4.78 is 9.80. The Morgan fingerprint density at radius 1 is 1.36 bits per heavy atom. The van der Waals surface area contributed by atoms with Gasteiger partial charge in [-0.15, -0.1) is 0 Å². The minimum Gasteiger partial charge on any atom is -0.361 e. The van der Waals surface area contributed by atoms with Gasteiger partial charge < -0.3 is 4.52 Å². The molecule has 8 heteroatoms. The molecule has 0 atom stereocenters. The molecule has 112 valence electrons. The number of hydrogen-bond donors (Lipinski definition) is 1. The summed E-state index contributed by atoms with van der Waals surface area (Å²) in [6.45, 7) is 1.68. The number of rotatable bonds is 5. The van der Waals surface area contributed by atoms with Crippen molar-refractivity contribution in [1.29, 1.82) is 0 Å². The van der Waals surface area contributed by atoms with Crippen molar-refractivity contribution in [2.75, 3.05) is 5.32 Å². The van der Waals surface area contributed by atoms with E-state index in [0.29, 0.717) is 17.3 Å². The highest BCUT2D eigenvalue weighted by Gasteiger charge is 2.15. The van der Waals surface area contributed by atoms with E-state index in [9.17, 15) is 4.79 Å². The number of thioether (sulfide) groups is 1. The van der Waals surface area contributed by atoms with Crippen LogP contribution in [0.5, 0.6) is 0 Å². The Balaban J connectivity index is 1.59. The van der Waals surface area contributed by atoms with Gasteiger partial charge in [0.15, 0.2) is 4.34 Å². The van der Waals surface area contributed by atoms with Crippen LogP contribution in [-0.2, 0) is 5.75 Å². The minimum atomic E-state index is -0.323. The van der Waals surface area contributed by atoms with E-state index in [1.165, 1.54) is 23.3 Å². The standard InChI is InChI=1S/C14H12N4O2S2/c1-9-11(7-15-20-9)12(19)16-13-17-14(22-18-13)21-8-10-5-3-2-4-6-10/h2-7H,8H2,1H3,(H,16,18,19). The number of carbonyl (C=O) groups excluding carboxylic acids is 1. The largest absolute Gasteiger partial charge is 0.361 e. The molecule has 3 aromatic rings. The third kappa shape index (κ3) is 3.52. The Kier molecular flexibility index (Phi) is 4.50. The minimum absolute atomic E-state index is 0.297. The van der Waals surface area contributed by atoms with E-state index in [4.69, 9.17) is 4.52 Å². The number of nitrogens with zero attached hydrogens (tertiary/aromatic N) is 3. The molecule has 1 amide bonds. The van der Waals surface area contributed by atoms with Gasteiger partial charge in [0.05, 0.1) is 6.20 Å². The van der Waals surface area contributed by atoms with Gasteiger partial charge in [-0.05, 0) is 24.0 Å². The molecule has 0 aliphatic carbocycles. The monoisotopic (exact) mass is 332 g/mol. The molecular weight excluding hydrogens is 320 g/mol. The van der Waals surface area contributed by atoms with Crippen molar-refractivity contribution in [3.8, 4) is 0 Å². The summed E-state index contributed by atoms with van der Waals surface area (Å²) in [7, 11) is 0. The lowest BCUT2D eigenvalue weighted by Crippen LogP contribution is -2.13. The van der Waals surface area contributed by atoms with E-state index >= 15 is 0 Å². The summed E-state index contributed by atoms with van der Waals surface area (Å²) in [5, 5.41) is 6.21. The first-order chi connectivity index (χ1) is 10.7. The van der Waals surface area contributed by atoms with Crippen molar-refractivity contribution in [1.82, 2.24) is 14.5 Å². The van der Waals surface area contributed by atoms with Crippen LogP contribution in [0.1, 0.15) is 21.7 Å². The summed E-state index contributed by atoms with van der Waals surface area (Å²) in [5.74, 6) is 1.25. The molecule has 6 nitrogen and oxygen atoms in total. The van der Waals surface area contributed by atoms with Crippen molar-refractivity contribution in [2.45, 2.75) is 17.0 Å². The Labute approximate surface area is 135 Å². The molecule has 2 heterocycles. The molecule has 22 heavy (non-hydrogen) atoms. The summed E-state index contributed by atoms with van der Waals surface area (Å²) in [5.41, 5.74) is 1.60. The zero-order chi connectivity index (χ0) is 15.4. The molecule has 2 aromatic heterocycles. The van der Waals surface area contributed by atoms with Gasteiger partial charge in [0, 0.05) is 5.75 Å².